The number of aryl methyl sites for hydroxylation is 1. The molecule has 5 heteroatoms. The number of oxazole rings is 1. The van der Waals surface area contributed by atoms with E-state index in [0.717, 1.165) is 16.7 Å². The molecule has 0 aliphatic carbocycles. The van der Waals surface area contributed by atoms with Gasteiger partial charge in [0.1, 0.15) is 5.52 Å². The summed E-state index contributed by atoms with van der Waals surface area (Å²) in [5, 5.41) is 3.28. The van der Waals surface area contributed by atoms with E-state index >= 15 is 0 Å². The lowest BCUT2D eigenvalue weighted by molar-refractivity contribution is 0.0951. The Balaban J connectivity index is 1.74. The van der Waals surface area contributed by atoms with Crippen LogP contribution in [0.15, 0.2) is 46.9 Å². The molecule has 0 saturated heterocycles. The Morgan fingerprint density at radius 2 is 2.10 bits per heavy atom. The number of hydrogen-bond acceptors (Lipinski definition) is 3. The molecule has 0 aliphatic heterocycles. The Kier molecular flexibility index (Phi) is 3.62. The summed E-state index contributed by atoms with van der Waals surface area (Å²) in [5.74, 6) is 0.428. The minimum atomic E-state index is -0.200. The van der Waals surface area contributed by atoms with Crippen molar-refractivity contribution < 1.29 is 9.21 Å². The molecule has 1 amide bonds. The van der Waals surface area contributed by atoms with E-state index in [1.807, 2.05) is 18.2 Å². The van der Waals surface area contributed by atoms with Crippen LogP contribution in [0.25, 0.3) is 11.1 Å². The van der Waals surface area contributed by atoms with Gasteiger partial charge in [0.2, 0.25) is 0 Å². The number of halogens is 1. The molecule has 3 rings (SSSR count). The highest BCUT2D eigenvalue weighted by molar-refractivity contribution is 6.33. The fourth-order valence-electron chi connectivity index (χ4n) is 2.12. The van der Waals surface area contributed by atoms with Gasteiger partial charge < -0.3 is 9.73 Å². The Hall–Kier alpha value is -2.33. The molecule has 0 bridgehead atoms. The van der Waals surface area contributed by atoms with Gasteiger partial charge in [-0.2, -0.15) is 0 Å². The Bertz CT molecular complexity index is 811. The Morgan fingerprint density at radius 3 is 2.90 bits per heavy atom. The molecule has 106 valence electrons. The highest BCUT2D eigenvalue weighted by atomic mass is 35.5. The number of nitrogens with zero attached hydrogens (tertiary/aromatic N) is 1. The second-order valence-corrected chi connectivity index (χ2v) is 5.10. The zero-order valence-corrected chi connectivity index (χ0v) is 12.1. The maximum Gasteiger partial charge on any atom is 0.253 e. The minimum absolute atomic E-state index is 0.200. The van der Waals surface area contributed by atoms with Crippen molar-refractivity contribution in [1.29, 1.82) is 0 Å². The Labute approximate surface area is 126 Å². The summed E-state index contributed by atoms with van der Waals surface area (Å²) in [6, 6.07) is 12.6. The van der Waals surface area contributed by atoms with Gasteiger partial charge >= 0.3 is 0 Å². The maximum atomic E-state index is 12.1. The summed E-state index contributed by atoms with van der Waals surface area (Å²) in [6.07, 6.45) is 0. The van der Waals surface area contributed by atoms with Crippen LogP contribution < -0.4 is 5.32 Å². The van der Waals surface area contributed by atoms with Gasteiger partial charge in [0, 0.05) is 13.5 Å². The standard InChI is InChI=1S/C16H13ClN2O2/c1-10-19-14-7-6-11(8-15(14)21-10)9-18-16(20)12-4-2-3-5-13(12)17/h2-8H,9H2,1H3,(H,18,20). The lowest BCUT2D eigenvalue weighted by atomic mass is 10.2. The van der Waals surface area contributed by atoms with Crippen molar-refractivity contribution in [1.82, 2.24) is 10.3 Å². The Morgan fingerprint density at radius 1 is 1.29 bits per heavy atom. The van der Waals surface area contributed by atoms with Gasteiger partial charge in [-0.15, -0.1) is 0 Å². The zero-order chi connectivity index (χ0) is 14.8. The van der Waals surface area contributed by atoms with Crippen molar-refractivity contribution in [2.24, 2.45) is 0 Å². The fourth-order valence-corrected chi connectivity index (χ4v) is 2.34. The van der Waals surface area contributed by atoms with Crippen molar-refractivity contribution >= 4 is 28.6 Å². The predicted molar refractivity (Wildman–Crippen MR) is 81.4 cm³/mol. The van der Waals surface area contributed by atoms with Crippen LogP contribution in [-0.4, -0.2) is 10.9 Å². The van der Waals surface area contributed by atoms with Crippen LogP contribution in [0.1, 0.15) is 21.8 Å². The third kappa shape index (κ3) is 2.90. The lowest BCUT2D eigenvalue weighted by Gasteiger charge is -2.06. The van der Waals surface area contributed by atoms with Crippen molar-refractivity contribution in [3.8, 4) is 0 Å². The first-order valence-electron chi connectivity index (χ1n) is 6.52. The van der Waals surface area contributed by atoms with E-state index in [-0.39, 0.29) is 5.91 Å². The molecule has 0 aliphatic rings. The molecule has 0 saturated carbocycles. The van der Waals surface area contributed by atoms with Crippen molar-refractivity contribution in [2.75, 3.05) is 0 Å². The van der Waals surface area contributed by atoms with Crippen molar-refractivity contribution in [2.45, 2.75) is 13.5 Å². The molecule has 4 nitrogen and oxygen atoms in total. The molecule has 0 spiro atoms. The molecule has 0 unspecified atom stereocenters. The molecule has 0 radical (unpaired) electrons. The monoisotopic (exact) mass is 300 g/mol. The van der Waals surface area contributed by atoms with Crippen LogP contribution in [0.4, 0.5) is 0 Å². The zero-order valence-electron chi connectivity index (χ0n) is 11.4. The highest BCUT2D eigenvalue weighted by Crippen LogP contribution is 2.18. The topological polar surface area (TPSA) is 55.1 Å². The van der Waals surface area contributed by atoms with E-state index in [1.54, 1.807) is 31.2 Å². The quantitative estimate of drug-likeness (QED) is 0.802. The van der Waals surface area contributed by atoms with E-state index < -0.39 is 0 Å². The van der Waals surface area contributed by atoms with Gasteiger partial charge in [0.25, 0.3) is 5.91 Å². The van der Waals surface area contributed by atoms with Crippen LogP contribution >= 0.6 is 11.6 Å². The molecule has 0 atom stereocenters. The first kappa shape index (κ1) is 13.6. The number of rotatable bonds is 3. The summed E-state index contributed by atoms with van der Waals surface area (Å²) < 4.78 is 5.47. The second kappa shape index (κ2) is 5.58. The van der Waals surface area contributed by atoms with Gasteiger partial charge in [0.05, 0.1) is 10.6 Å². The van der Waals surface area contributed by atoms with E-state index in [4.69, 9.17) is 16.0 Å². The van der Waals surface area contributed by atoms with Crippen molar-refractivity contribution in [3.63, 3.8) is 0 Å². The second-order valence-electron chi connectivity index (χ2n) is 4.70. The van der Waals surface area contributed by atoms with Crippen LogP contribution in [0.5, 0.6) is 0 Å². The van der Waals surface area contributed by atoms with E-state index in [0.29, 0.717) is 23.0 Å². The van der Waals surface area contributed by atoms with Crippen LogP contribution in [0, 0.1) is 6.92 Å². The first-order valence-corrected chi connectivity index (χ1v) is 6.90. The number of amides is 1. The highest BCUT2D eigenvalue weighted by Gasteiger charge is 2.09. The number of carbonyl (C=O) groups is 1. The number of carbonyl (C=O) groups excluding carboxylic acids is 1. The SMILES string of the molecule is Cc1nc2ccc(CNC(=O)c3ccccc3Cl)cc2o1. The van der Waals surface area contributed by atoms with Gasteiger partial charge in [-0.25, -0.2) is 4.98 Å². The van der Waals surface area contributed by atoms with Gasteiger partial charge in [-0.1, -0.05) is 29.8 Å². The molecular formula is C16H13ClN2O2. The number of nitrogens with one attached hydrogen (secondary N) is 1. The largest absolute Gasteiger partial charge is 0.441 e. The average molecular weight is 301 g/mol. The summed E-state index contributed by atoms with van der Waals surface area (Å²) >= 11 is 6.00. The molecule has 21 heavy (non-hydrogen) atoms. The maximum absolute atomic E-state index is 12.1. The van der Waals surface area contributed by atoms with Crippen LogP contribution in [0.3, 0.4) is 0 Å². The lowest BCUT2D eigenvalue weighted by Crippen LogP contribution is -2.23. The molecule has 0 fully saturated rings. The van der Waals surface area contributed by atoms with Crippen molar-refractivity contribution in [3.05, 3.63) is 64.5 Å². The summed E-state index contributed by atoms with van der Waals surface area (Å²) in [6.45, 7) is 2.21. The summed E-state index contributed by atoms with van der Waals surface area (Å²) in [7, 11) is 0. The van der Waals surface area contributed by atoms with E-state index in [9.17, 15) is 4.79 Å². The molecule has 1 heterocycles. The third-order valence-electron chi connectivity index (χ3n) is 3.13. The average Bonchev–Trinajstić information content (AvgIpc) is 2.84. The predicted octanol–water partition coefficient (Wildman–Crippen LogP) is 3.72. The fraction of sp³-hybridized carbons (Fsp3) is 0.125. The molecule has 3 aromatic rings. The number of fused-ring (bicyclic) bond motifs is 1. The van der Waals surface area contributed by atoms with Gasteiger partial charge in [0.15, 0.2) is 11.5 Å². The molecular weight excluding hydrogens is 288 g/mol. The normalized spacial score (nSPS) is 10.8. The summed E-state index contributed by atoms with van der Waals surface area (Å²) in [4.78, 5) is 16.3. The number of aromatic nitrogens is 1. The summed E-state index contributed by atoms with van der Waals surface area (Å²) in [5.41, 5.74) is 2.94. The minimum Gasteiger partial charge on any atom is -0.441 e. The van der Waals surface area contributed by atoms with E-state index in [2.05, 4.69) is 10.3 Å². The van der Waals surface area contributed by atoms with Gasteiger partial charge in [-0.3, -0.25) is 4.79 Å². The molecule has 1 aromatic heterocycles. The first-order chi connectivity index (χ1) is 10.1. The third-order valence-corrected chi connectivity index (χ3v) is 3.46. The molecule has 2 aromatic carbocycles. The number of hydrogen-bond donors (Lipinski definition) is 1. The van der Waals surface area contributed by atoms with E-state index in [1.165, 1.54) is 0 Å². The number of benzene rings is 2. The van der Waals surface area contributed by atoms with Gasteiger partial charge in [-0.05, 0) is 29.8 Å². The molecule has 1 N–H and O–H groups in total. The van der Waals surface area contributed by atoms with Crippen LogP contribution in [-0.2, 0) is 6.54 Å². The van der Waals surface area contributed by atoms with Crippen LogP contribution in [0.2, 0.25) is 5.02 Å². The smallest absolute Gasteiger partial charge is 0.253 e.